The second-order valence-electron chi connectivity index (χ2n) is 17.7. The number of phenolic OH excluding ortho intramolecular Hbond substituents is 1. The molecule has 2 heterocycles. The Balaban J connectivity index is 0.00000544. The monoisotopic (exact) mass is 954 g/mol. The van der Waals surface area contributed by atoms with Crippen molar-refractivity contribution in [2.24, 2.45) is 0 Å². The summed E-state index contributed by atoms with van der Waals surface area (Å²) in [6, 6.07) is 49.6. The number of hydrogen-bond donors (Lipinski definition) is 1. The predicted molar refractivity (Wildman–Crippen MR) is 243 cm³/mol. The van der Waals surface area contributed by atoms with Gasteiger partial charge in [0.05, 0.1) is 16.6 Å². The first-order valence-corrected chi connectivity index (χ1v) is 20.1. The molecule has 2 aromatic heterocycles. The summed E-state index contributed by atoms with van der Waals surface area (Å²) in [7, 11) is 0. The van der Waals surface area contributed by atoms with Gasteiger partial charge in [-0.1, -0.05) is 157 Å². The summed E-state index contributed by atoms with van der Waals surface area (Å²) >= 11 is 0. The third kappa shape index (κ3) is 8.21. The van der Waals surface area contributed by atoms with Gasteiger partial charge in [-0.2, -0.15) is 0 Å². The van der Waals surface area contributed by atoms with E-state index in [0.717, 1.165) is 72.5 Å². The summed E-state index contributed by atoms with van der Waals surface area (Å²) in [6.45, 7) is 19.4. The number of imidazole rings is 1. The smallest absolute Gasteiger partial charge is 0.148 e. The molecule has 0 amide bonds. The molecule has 0 saturated carbocycles. The average Bonchev–Trinajstić information content (AvgIpc) is 3.59. The number of rotatable bonds is 7. The van der Waals surface area contributed by atoms with Gasteiger partial charge >= 0.3 is 0 Å². The number of fused-ring (bicyclic) bond motifs is 1. The zero-order valence-electron chi connectivity index (χ0n) is 36.4. The molecule has 0 atom stereocenters. The number of aromatic hydroxyl groups is 1. The summed E-state index contributed by atoms with van der Waals surface area (Å²) in [5.41, 5.74) is 15.4. The van der Waals surface area contributed by atoms with Crippen molar-refractivity contribution in [3.05, 3.63) is 168 Å². The summed E-state index contributed by atoms with van der Waals surface area (Å²) in [4.78, 5) is 10.3. The van der Waals surface area contributed by atoms with Crippen molar-refractivity contribution in [1.29, 1.82) is 0 Å². The van der Waals surface area contributed by atoms with Crippen LogP contribution in [0.15, 0.2) is 140 Å². The van der Waals surface area contributed by atoms with Crippen LogP contribution >= 0.6 is 0 Å². The number of phenols is 1. The Morgan fingerprint density at radius 2 is 1.34 bits per heavy atom. The molecule has 5 heteroatoms. The van der Waals surface area contributed by atoms with Gasteiger partial charge in [0, 0.05) is 40.0 Å². The van der Waals surface area contributed by atoms with Gasteiger partial charge in [-0.3, -0.25) is 9.55 Å². The van der Waals surface area contributed by atoms with Crippen LogP contribution in [0.3, 0.4) is 0 Å². The molecular weight excluding hydrogens is 902 g/mol. The molecule has 0 bridgehead atoms. The van der Waals surface area contributed by atoms with E-state index in [1.807, 2.05) is 38.2 Å². The van der Waals surface area contributed by atoms with E-state index in [-0.39, 0.29) is 37.6 Å². The summed E-state index contributed by atoms with van der Waals surface area (Å²) < 4.78 is 11.6. The van der Waals surface area contributed by atoms with E-state index in [0.29, 0.717) is 11.4 Å². The van der Waals surface area contributed by atoms with Crippen molar-refractivity contribution < 1.29 is 27.5 Å². The Morgan fingerprint density at radius 1 is 0.661 bits per heavy atom. The number of aromatic nitrogens is 3. The van der Waals surface area contributed by atoms with Crippen LogP contribution in [0.2, 0.25) is 0 Å². The number of hydrogen-bond acceptors (Lipinski definition) is 3. The van der Waals surface area contributed by atoms with Crippen molar-refractivity contribution in [2.75, 3.05) is 0 Å². The van der Waals surface area contributed by atoms with Crippen molar-refractivity contribution in [3.63, 3.8) is 0 Å². The maximum atomic E-state index is 11.3. The molecular formula is C54H52N3OPt-. The first-order valence-electron chi connectivity index (χ1n) is 20.6. The number of para-hydroxylation sites is 2. The second kappa shape index (κ2) is 16.2. The molecule has 0 spiro atoms. The normalized spacial score (nSPS) is 12.3. The standard InChI is InChI=1S/C54H52N3O.Pt/c1-34(2)46-33-41(25-26-43(46)44-15-10-12-18-47(44)54(7,8)9)57-49-19-14-17-42(51(49)56-52(57)45-16-11-13-20-50(45)58)38-29-39(31-40(30-38)53(4,5)6)48-32-37(27-28-55-48)36-23-21-35(3)22-24-36;/h10-28,30-34,58H,1-9H3;/q-1;/i34D;. The molecule has 1 N–H and O–H groups in total. The number of aryl methyl sites for hydroxylation is 1. The Bertz CT molecular complexity index is 2850. The first-order chi connectivity index (χ1) is 28.0. The quantitative estimate of drug-likeness (QED) is 0.162. The summed E-state index contributed by atoms with van der Waals surface area (Å²) in [5.74, 6) is -0.163. The van der Waals surface area contributed by atoms with Crippen LogP contribution < -0.4 is 0 Å². The van der Waals surface area contributed by atoms with Crippen LogP contribution in [0, 0.1) is 13.0 Å². The molecule has 0 saturated heterocycles. The van der Waals surface area contributed by atoms with Crippen LogP contribution in [0.5, 0.6) is 5.75 Å². The van der Waals surface area contributed by atoms with E-state index in [1.54, 1.807) is 6.07 Å². The fraction of sp³-hybridized carbons (Fsp3) is 0.222. The molecule has 0 aliphatic rings. The van der Waals surface area contributed by atoms with Gasteiger partial charge in [0.2, 0.25) is 0 Å². The van der Waals surface area contributed by atoms with Crippen LogP contribution in [-0.2, 0) is 31.9 Å². The fourth-order valence-corrected chi connectivity index (χ4v) is 7.90. The van der Waals surface area contributed by atoms with Crippen LogP contribution in [-0.4, -0.2) is 19.6 Å². The van der Waals surface area contributed by atoms with Crippen LogP contribution in [0.1, 0.15) is 84.9 Å². The minimum absolute atomic E-state index is 0. The molecule has 0 radical (unpaired) electrons. The molecule has 8 aromatic rings. The maximum absolute atomic E-state index is 11.3. The van der Waals surface area contributed by atoms with E-state index in [4.69, 9.17) is 9.97 Å². The predicted octanol–water partition coefficient (Wildman–Crippen LogP) is 14.3. The zero-order chi connectivity index (χ0) is 41.9. The summed E-state index contributed by atoms with van der Waals surface area (Å²) in [5, 5.41) is 11.3. The number of pyridine rings is 1. The first kappa shape index (κ1) is 40.2. The van der Waals surface area contributed by atoms with Gasteiger partial charge in [-0.05, 0) is 93.4 Å². The van der Waals surface area contributed by atoms with Gasteiger partial charge in [0.15, 0.2) is 0 Å². The Hall–Kier alpha value is -5.57. The van der Waals surface area contributed by atoms with Crippen LogP contribution in [0.25, 0.3) is 72.7 Å². The van der Waals surface area contributed by atoms with Crippen molar-refractivity contribution in [2.45, 2.75) is 79.0 Å². The van der Waals surface area contributed by atoms with Crippen molar-refractivity contribution in [3.8, 4) is 67.5 Å². The molecule has 6 aromatic carbocycles. The zero-order valence-corrected chi connectivity index (χ0v) is 37.7. The summed E-state index contributed by atoms with van der Waals surface area (Å²) in [6.07, 6.45) is 1.88. The molecule has 59 heavy (non-hydrogen) atoms. The molecule has 0 aliphatic heterocycles. The average molecular weight is 955 g/mol. The van der Waals surface area contributed by atoms with E-state index >= 15 is 0 Å². The largest absolute Gasteiger partial charge is 0.507 e. The van der Waals surface area contributed by atoms with Gasteiger partial charge in [-0.25, -0.2) is 4.98 Å². The Morgan fingerprint density at radius 3 is 2.03 bits per heavy atom. The van der Waals surface area contributed by atoms with E-state index in [2.05, 4.69) is 168 Å². The molecule has 300 valence electrons. The maximum Gasteiger partial charge on any atom is 0.148 e. The van der Waals surface area contributed by atoms with E-state index in [1.165, 1.54) is 11.1 Å². The minimum Gasteiger partial charge on any atom is -0.507 e. The second-order valence-corrected chi connectivity index (χ2v) is 17.7. The Labute approximate surface area is 365 Å². The fourth-order valence-electron chi connectivity index (χ4n) is 7.90. The third-order valence-electron chi connectivity index (χ3n) is 11.1. The topological polar surface area (TPSA) is 50.9 Å². The minimum atomic E-state index is -0.920. The van der Waals surface area contributed by atoms with Gasteiger partial charge < -0.3 is 5.11 Å². The van der Waals surface area contributed by atoms with Gasteiger partial charge in [0.25, 0.3) is 0 Å². The molecule has 0 aliphatic carbocycles. The van der Waals surface area contributed by atoms with Gasteiger partial charge in [0.1, 0.15) is 11.6 Å². The molecule has 0 fully saturated rings. The van der Waals surface area contributed by atoms with Crippen molar-refractivity contribution >= 4 is 11.0 Å². The van der Waals surface area contributed by atoms with E-state index in [9.17, 15) is 6.48 Å². The van der Waals surface area contributed by atoms with Gasteiger partial charge in [-0.15, -0.1) is 29.3 Å². The Kier molecular flexibility index (Phi) is 11.1. The number of nitrogens with zero attached hydrogens (tertiary/aromatic N) is 3. The van der Waals surface area contributed by atoms with Crippen LogP contribution in [0.4, 0.5) is 0 Å². The molecule has 0 unspecified atom stereocenters. The van der Waals surface area contributed by atoms with Crippen molar-refractivity contribution in [1.82, 2.24) is 14.5 Å². The number of benzene rings is 6. The molecule has 8 rings (SSSR count). The third-order valence-corrected chi connectivity index (χ3v) is 11.1. The SMILES string of the molecule is [2H]C(C)(C)c1cc(-n2c(-c3ccccc3O)nc3c(-c4[c-]c(-c5cc(-c6ccc(C)cc6)ccn5)cc(C(C)(C)C)c4)cccc32)ccc1-c1ccccc1C(C)(C)C.[Pt]. The van der Waals surface area contributed by atoms with E-state index < -0.39 is 5.89 Å². The molecule has 4 nitrogen and oxygen atoms in total.